The standard InChI is InChI=1S/C19H25NO5/c1-19(2,3)25-18(22)20-9-5-4-6-15(11-20)24-14-7-8-16-13(10-14)12-23-17(16)21/h7-8,10,15H,4-6,9,11-12H2,1-3H3/t15-/m1/s1. The highest BCUT2D eigenvalue weighted by molar-refractivity contribution is 5.93. The average molecular weight is 347 g/mol. The van der Waals surface area contributed by atoms with Crippen molar-refractivity contribution in [3.05, 3.63) is 29.3 Å². The molecule has 0 saturated carbocycles. The van der Waals surface area contributed by atoms with Gasteiger partial charge in [0.1, 0.15) is 24.1 Å². The SMILES string of the molecule is CC(C)(C)OC(=O)N1CCCC[C@@H](Oc2ccc3c(c2)COC3=O)C1. The minimum absolute atomic E-state index is 0.0916. The van der Waals surface area contributed by atoms with Crippen LogP contribution in [-0.2, 0) is 16.1 Å². The predicted octanol–water partition coefficient (Wildman–Crippen LogP) is 3.53. The molecular weight excluding hydrogens is 322 g/mol. The number of ether oxygens (including phenoxy) is 3. The highest BCUT2D eigenvalue weighted by Crippen LogP contribution is 2.26. The maximum atomic E-state index is 12.3. The molecule has 1 fully saturated rings. The normalized spacial score (nSPS) is 20.5. The molecule has 1 amide bonds. The highest BCUT2D eigenvalue weighted by atomic mass is 16.6. The Hall–Kier alpha value is -2.24. The van der Waals surface area contributed by atoms with Crippen molar-refractivity contribution in [1.82, 2.24) is 4.90 Å². The maximum absolute atomic E-state index is 12.3. The lowest BCUT2D eigenvalue weighted by Gasteiger charge is -2.28. The van der Waals surface area contributed by atoms with Gasteiger partial charge in [-0.3, -0.25) is 0 Å². The van der Waals surface area contributed by atoms with Crippen LogP contribution >= 0.6 is 0 Å². The van der Waals surface area contributed by atoms with Crippen LogP contribution in [-0.4, -0.2) is 41.8 Å². The second kappa shape index (κ2) is 6.94. The minimum atomic E-state index is -0.508. The van der Waals surface area contributed by atoms with Crippen LogP contribution < -0.4 is 4.74 Å². The monoisotopic (exact) mass is 347 g/mol. The number of esters is 1. The van der Waals surface area contributed by atoms with Crippen LogP contribution in [0.2, 0.25) is 0 Å². The molecule has 0 bridgehead atoms. The van der Waals surface area contributed by atoms with Crippen LogP contribution in [0.15, 0.2) is 18.2 Å². The number of likely N-dealkylation sites (tertiary alicyclic amines) is 1. The Morgan fingerprint density at radius 2 is 2.08 bits per heavy atom. The van der Waals surface area contributed by atoms with E-state index in [1.165, 1.54) is 0 Å². The Morgan fingerprint density at radius 3 is 2.84 bits per heavy atom. The van der Waals surface area contributed by atoms with E-state index in [4.69, 9.17) is 14.2 Å². The molecule has 2 aliphatic heterocycles. The lowest BCUT2D eigenvalue weighted by Crippen LogP contribution is -2.41. The molecule has 3 rings (SSSR count). The van der Waals surface area contributed by atoms with Gasteiger partial charge in [0.25, 0.3) is 0 Å². The van der Waals surface area contributed by atoms with E-state index in [1.807, 2.05) is 26.8 Å². The topological polar surface area (TPSA) is 65.1 Å². The first-order valence-electron chi connectivity index (χ1n) is 8.76. The molecule has 2 heterocycles. The molecule has 0 radical (unpaired) electrons. The molecular formula is C19H25NO5. The third-order valence-electron chi connectivity index (χ3n) is 4.24. The number of rotatable bonds is 2. The third-order valence-corrected chi connectivity index (χ3v) is 4.24. The van der Waals surface area contributed by atoms with Crippen LogP contribution in [0.25, 0.3) is 0 Å². The fraction of sp³-hybridized carbons (Fsp3) is 0.579. The number of carbonyl (C=O) groups excluding carboxylic acids is 2. The summed E-state index contributed by atoms with van der Waals surface area (Å²) in [6, 6.07) is 5.37. The summed E-state index contributed by atoms with van der Waals surface area (Å²) in [7, 11) is 0. The number of amides is 1. The van der Waals surface area contributed by atoms with E-state index in [0.29, 0.717) is 31.0 Å². The fourth-order valence-corrected chi connectivity index (χ4v) is 3.07. The molecule has 0 N–H and O–H groups in total. The van der Waals surface area contributed by atoms with Gasteiger partial charge in [-0.1, -0.05) is 0 Å². The van der Waals surface area contributed by atoms with Crippen molar-refractivity contribution >= 4 is 12.1 Å². The average Bonchev–Trinajstić information content (AvgIpc) is 2.74. The number of carbonyl (C=O) groups is 2. The van der Waals surface area contributed by atoms with Crippen molar-refractivity contribution in [1.29, 1.82) is 0 Å². The van der Waals surface area contributed by atoms with Crippen LogP contribution in [0.4, 0.5) is 4.79 Å². The van der Waals surface area contributed by atoms with E-state index in [0.717, 1.165) is 24.8 Å². The first kappa shape index (κ1) is 17.6. The molecule has 6 nitrogen and oxygen atoms in total. The van der Waals surface area contributed by atoms with Crippen molar-refractivity contribution in [2.45, 2.75) is 58.3 Å². The molecule has 25 heavy (non-hydrogen) atoms. The summed E-state index contributed by atoms with van der Waals surface area (Å²) in [5.74, 6) is 0.417. The Balaban J connectivity index is 1.65. The number of cyclic esters (lactones) is 1. The Bertz CT molecular complexity index is 664. The second-order valence-electron chi connectivity index (χ2n) is 7.56. The van der Waals surface area contributed by atoms with Gasteiger partial charge in [0.05, 0.1) is 12.1 Å². The number of nitrogens with zero attached hydrogens (tertiary/aromatic N) is 1. The van der Waals surface area contributed by atoms with Crippen molar-refractivity contribution in [3.8, 4) is 5.75 Å². The summed E-state index contributed by atoms with van der Waals surface area (Å²) < 4.78 is 16.6. The number of fused-ring (bicyclic) bond motifs is 1. The molecule has 1 atom stereocenters. The molecule has 1 saturated heterocycles. The molecule has 0 aromatic heterocycles. The van der Waals surface area contributed by atoms with E-state index in [9.17, 15) is 9.59 Å². The largest absolute Gasteiger partial charge is 0.489 e. The van der Waals surface area contributed by atoms with Crippen LogP contribution in [0, 0.1) is 0 Å². The zero-order valence-electron chi connectivity index (χ0n) is 15.0. The summed E-state index contributed by atoms with van der Waals surface area (Å²) in [5, 5.41) is 0. The van der Waals surface area contributed by atoms with Gasteiger partial charge in [0, 0.05) is 12.1 Å². The molecule has 6 heteroatoms. The summed E-state index contributed by atoms with van der Waals surface area (Å²) in [4.78, 5) is 25.6. The summed E-state index contributed by atoms with van der Waals surface area (Å²) >= 11 is 0. The van der Waals surface area contributed by atoms with Gasteiger partial charge in [-0.05, 0) is 58.2 Å². The van der Waals surface area contributed by atoms with Gasteiger partial charge < -0.3 is 19.1 Å². The van der Waals surface area contributed by atoms with E-state index < -0.39 is 5.60 Å². The van der Waals surface area contributed by atoms with Gasteiger partial charge in [-0.15, -0.1) is 0 Å². The minimum Gasteiger partial charge on any atom is -0.489 e. The summed E-state index contributed by atoms with van der Waals surface area (Å²) in [6.45, 7) is 7.07. The number of hydrogen-bond acceptors (Lipinski definition) is 5. The van der Waals surface area contributed by atoms with Gasteiger partial charge in [0.2, 0.25) is 0 Å². The molecule has 0 aliphatic carbocycles. The van der Waals surface area contributed by atoms with Crippen molar-refractivity contribution in [2.75, 3.05) is 13.1 Å². The van der Waals surface area contributed by atoms with Gasteiger partial charge in [-0.2, -0.15) is 0 Å². The highest BCUT2D eigenvalue weighted by Gasteiger charge is 2.28. The van der Waals surface area contributed by atoms with Crippen molar-refractivity contribution in [3.63, 3.8) is 0 Å². The van der Waals surface area contributed by atoms with E-state index in [1.54, 1.807) is 17.0 Å². The van der Waals surface area contributed by atoms with E-state index >= 15 is 0 Å². The Kier molecular flexibility index (Phi) is 4.88. The first-order chi connectivity index (χ1) is 11.8. The molecule has 2 aliphatic rings. The molecule has 0 spiro atoms. The Morgan fingerprint density at radius 1 is 1.28 bits per heavy atom. The Labute approximate surface area is 148 Å². The van der Waals surface area contributed by atoms with E-state index in [2.05, 4.69) is 0 Å². The van der Waals surface area contributed by atoms with E-state index in [-0.39, 0.29) is 18.2 Å². The summed E-state index contributed by atoms with van der Waals surface area (Å²) in [5.41, 5.74) is 0.940. The third kappa shape index (κ3) is 4.44. The lowest BCUT2D eigenvalue weighted by atomic mass is 10.1. The maximum Gasteiger partial charge on any atom is 0.410 e. The second-order valence-corrected chi connectivity index (χ2v) is 7.56. The van der Waals surface area contributed by atoms with Gasteiger partial charge in [0.15, 0.2) is 0 Å². The van der Waals surface area contributed by atoms with Crippen molar-refractivity contribution < 1.29 is 23.8 Å². The van der Waals surface area contributed by atoms with Crippen LogP contribution in [0.1, 0.15) is 56.0 Å². The van der Waals surface area contributed by atoms with Gasteiger partial charge in [-0.25, -0.2) is 9.59 Å². The van der Waals surface area contributed by atoms with Crippen LogP contribution in [0.5, 0.6) is 5.75 Å². The van der Waals surface area contributed by atoms with Crippen LogP contribution in [0.3, 0.4) is 0 Å². The van der Waals surface area contributed by atoms with Crippen molar-refractivity contribution in [2.24, 2.45) is 0 Å². The fourth-order valence-electron chi connectivity index (χ4n) is 3.07. The molecule has 136 valence electrons. The quantitative estimate of drug-likeness (QED) is 0.766. The molecule has 1 aromatic carbocycles. The predicted molar refractivity (Wildman–Crippen MR) is 91.6 cm³/mol. The zero-order valence-corrected chi connectivity index (χ0v) is 15.0. The number of hydrogen-bond donors (Lipinski definition) is 0. The smallest absolute Gasteiger partial charge is 0.410 e. The molecule has 1 aromatic rings. The first-order valence-corrected chi connectivity index (χ1v) is 8.76. The van der Waals surface area contributed by atoms with Gasteiger partial charge >= 0.3 is 12.1 Å². The number of benzene rings is 1. The lowest BCUT2D eigenvalue weighted by molar-refractivity contribution is 0.0192. The molecule has 0 unspecified atom stereocenters. The zero-order chi connectivity index (χ0) is 18.0. The summed E-state index contributed by atoms with van der Waals surface area (Å²) in [6.07, 6.45) is 2.43.